The fourth-order valence-electron chi connectivity index (χ4n) is 2.76. The van der Waals surface area contributed by atoms with Gasteiger partial charge in [0, 0.05) is 27.3 Å². The molecule has 0 aliphatic rings. The van der Waals surface area contributed by atoms with Crippen molar-refractivity contribution in [3.05, 3.63) is 46.7 Å². The number of hydrogen-bond acceptors (Lipinski definition) is 5. The Balaban J connectivity index is 2.19. The highest BCUT2D eigenvalue weighted by molar-refractivity contribution is 7.12. The first kappa shape index (κ1) is 19.8. The minimum atomic E-state index is -0.615. The van der Waals surface area contributed by atoms with Crippen molar-refractivity contribution in [2.45, 2.75) is 19.4 Å². The maximum Gasteiger partial charge on any atom is 0.192 e. The number of ketones is 1. The topological polar surface area (TPSA) is 38.8 Å². The van der Waals surface area contributed by atoms with Gasteiger partial charge in [0.05, 0.1) is 23.6 Å². The summed E-state index contributed by atoms with van der Waals surface area (Å²) in [7, 11) is 3.35. The zero-order chi connectivity index (χ0) is 18.3. The molecule has 0 fully saturated rings. The molecular weight excluding hydrogens is 334 g/mol. The van der Waals surface area contributed by atoms with Crippen molar-refractivity contribution in [1.82, 2.24) is 4.90 Å². The van der Waals surface area contributed by atoms with Crippen LogP contribution in [0.25, 0.3) is 11.1 Å². The first-order chi connectivity index (χ1) is 12.0. The molecule has 1 heterocycles. The van der Waals surface area contributed by atoms with E-state index in [-0.39, 0.29) is 5.78 Å². The number of thiophene rings is 1. The van der Waals surface area contributed by atoms with E-state index in [1.807, 2.05) is 43.5 Å². The summed E-state index contributed by atoms with van der Waals surface area (Å²) in [5.41, 5.74) is 1.60. The monoisotopic (exact) mass is 361 g/mol. The number of carbonyl (C=O) groups excluding carboxylic acids is 1. The summed E-state index contributed by atoms with van der Waals surface area (Å²) < 4.78 is 10.4. The zero-order valence-electron chi connectivity index (χ0n) is 15.5. The van der Waals surface area contributed by atoms with Crippen LogP contribution in [0.3, 0.4) is 0 Å². The van der Waals surface area contributed by atoms with Crippen molar-refractivity contribution in [2.75, 3.05) is 40.5 Å². The van der Waals surface area contributed by atoms with Gasteiger partial charge in [0.25, 0.3) is 0 Å². The van der Waals surface area contributed by atoms with Gasteiger partial charge in [-0.1, -0.05) is 30.3 Å². The standard InChI is InChI=1S/C20H27NO3S/c1-20(2,21(10-12-23-3)11-13-24-4)19(22)18-14-17(15-25-18)16-8-6-5-7-9-16/h5-9,14-15H,10-13H2,1-4H3. The van der Waals surface area contributed by atoms with Gasteiger partial charge in [-0.25, -0.2) is 0 Å². The number of ether oxygens (including phenoxy) is 2. The van der Waals surface area contributed by atoms with E-state index in [4.69, 9.17) is 9.47 Å². The Labute approximate surface area is 154 Å². The van der Waals surface area contributed by atoms with Crippen molar-refractivity contribution in [2.24, 2.45) is 0 Å². The highest BCUT2D eigenvalue weighted by Gasteiger charge is 2.35. The van der Waals surface area contributed by atoms with Gasteiger partial charge in [-0.05, 0) is 36.4 Å². The van der Waals surface area contributed by atoms with Crippen molar-refractivity contribution < 1.29 is 14.3 Å². The van der Waals surface area contributed by atoms with Crippen molar-refractivity contribution in [1.29, 1.82) is 0 Å². The maximum atomic E-state index is 13.2. The lowest BCUT2D eigenvalue weighted by Gasteiger charge is -2.36. The Morgan fingerprint density at radius 1 is 1.04 bits per heavy atom. The molecule has 0 N–H and O–H groups in total. The van der Waals surface area contributed by atoms with E-state index >= 15 is 0 Å². The number of hydrogen-bond donors (Lipinski definition) is 0. The average molecular weight is 362 g/mol. The Hall–Kier alpha value is -1.53. The fraction of sp³-hybridized carbons (Fsp3) is 0.450. The maximum absolute atomic E-state index is 13.2. The van der Waals surface area contributed by atoms with E-state index in [0.717, 1.165) is 16.0 Å². The van der Waals surface area contributed by atoms with Gasteiger partial charge in [0.15, 0.2) is 5.78 Å². The summed E-state index contributed by atoms with van der Waals surface area (Å²) >= 11 is 1.51. The summed E-state index contributed by atoms with van der Waals surface area (Å²) in [5.74, 6) is 0.131. The lowest BCUT2D eigenvalue weighted by Crippen LogP contribution is -2.52. The van der Waals surface area contributed by atoms with Gasteiger partial charge >= 0.3 is 0 Å². The third-order valence-electron chi connectivity index (χ3n) is 4.41. The van der Waals surface area contributed by atoms with Gasteiger partial charge in [-0.15, -0.1) is 11.3 Å². The van der Waals surface area contributed by atoms with Crippen LogP contribution in [0.4, 0.5) is 0 Å². The second-order valence-electron chi connectivity index (χ2n) is 6.43. The van der Waals surface area contributed by atoms with Crippen molar-refractivity contribution in [3.8, 4) is 11.1 Å². The molecule has 0 radical (unpaired) electrons. The molecule has 2 rings (SSSR count). The minimum absolute atomic E-state index is 0.131. The van der Waals surface area contributed by atoms with E-state index in [1.165, 1.54) is 11.3 Å². The Bertz CT molecular complexity index is 659. The predicted octanol–water partition coefficient (Wildman–Crippen LogP) is 3.97. The molecule has 0 amide bonds. The summed E-state index contributed by atoms with van der Waals surface area (Å²) in [5, 5.41) is 2.05. The van der Waals surface area contributed by atoms with Crippen LogP contribution in [0, 0.1) is 0 Å². The van der Waals surface area contributed by atoms with Crippen LogP contribution in [-0.4, -0.2) is 56.7 Å². The summed E-state index contributed by atoms with van der Waals surface area (Å²) in [4.78, 5) is 16.1. The third kappa shape index (κ3) is 4.98. The molecular formula is C20H27NO3S. The quantitative estimate of drug-likeness (QED) is 0.600. The van der Waals surface area contributed by atoms with Crippen LogP contribution in [0.15, 0.2) is 41.8 Å². The SMILES string of the molecule is COCCN(CCOC)C(C)(C)C(=O)c1cc(-c2ccccc2)cs1. The molecule has 1 aromatic carbocycles. The third-order valence-corrected chi connectivity index (χ3v) is 5.34. The first-order valence-corrected chi connectivity index (χ1v) is 9.30. The number of carbonyl (C=O) groups is 1. The highest BCUT2D eigenvalue weighted by atomic mass is 32.1. The zero-order valence-corrected chi connectivity index (χ0v) is 16.3. The molecule has 5 heteroatoms. The lowest BCUT2D eigenvalue weighted by molar-refractivity contribution is 0.0421. The highest BCUT2D eigenvalue weighted by Crippen LogP contribution is 2.29. The van der Waals surface area contributed by atoms with Crippen LogP contribution < -0.4 is 0 Å². The van der Waals surface area contributed by atoms with Crippen LogP contribution in [0.5, 0.6) is 0 Å². The molecule has 25 heavy (non-hydrogen) atoms. The molecule has 1 aromatic heterocycles. The normalized spacial score (nSPS) is 11.9. The van der Waals surface area contributed by atoms with Crippen LogP contribution in [-0.2, 0) is 9.47 Å². The number of nitrogens with zero attached hydrogens (tertiary/aromatic N) is 1. The molecule has 0 spiro atoms. The van der Waals surface area contributed by atoms with Crippen molar-refractivity contribution in [3.63, 3.8) is 0 Å². The van der Waals surface area contributed by atoms with E-state index in [9.17, 15) is 4.79 Å². The number of rotatable bonds is 10. The molecule has 0 aliphatic heterocycles. The van der Waals surface area contributed by atoms with Gasteiger partial charge < -0.3 is 9.47 Å². The van der Waals surface area contributed by atoms with E-state index < -0.39 is 5.54 Å². The predicted molar refractivity (Wildman–Crippen MR) is 103 cm³/mol. The van der Waals surface area contributed by atoms with Gasteiger partial charge in [-0.2, -0.15) is 0 Å². The smallest absolute Gasteiger partial charge is 0.192 e. The number of Topliss-reactive ketones (excluding diaryl/α,β-unsaturated/α-hetero) is 1. The number of methoxy groups -OCH3 is 2. The Kier molecular flexibility index (Phi) is 7.32. The van der Waals surface area contributed by atoms with Crippen molar-refractivity contribution >= 4 is 17.1 Å². The lowest BCUT2D eigenvalue weighted by atomic mass is 9.94. The fourth-order valence-corrected chi connectivity index (χ4v) is 3.77. The Morgan fingerprint density at radius 3 is 2.20 bits per heavy atom. The summed E-state index contributed by atoms with van der Waals surface area (Å²) in [6, 6.07) is 12.1. The van der Waals surface area contributed by atoms with Crippen LogP contribution in [0.1, 0.15) is 23.5 Å². The van der Waals surface area contributed by atoms with E-state index in [2.05, 4.69) is 17.0 Å². The molecule has 0 aliphatic carbocycles. The van der Waals surface area contributed by atoms with Gasteiger partial charge in [0.2, 0.25) is 0 Å². The van der Waals surface area contributed by atoms with Gasteiger partial charge in [-0.3, -0.25) is 9.69 Å². The largest absolute Gasteiger partial charge is 0.383 e. The Morgan fingerprint density at radius 2 is 1.64 bits per heavy atom. The average Bonchev–Trinajstić information content (AvgIpc) is 3.11. The molecule has 0 saturated heterocycles. The van der Waals surface area contributed by atoms with Crippen LogP contribution >= 0.6 is 11.3 Å². The van der Waals surface area contributed by atoms with Gasteiger partial charge in [0.1, 0.15) is 0 Å². The van der Waals surface area contributed by atoms with E-state index in [0.29, 0.717) is 26.3 Å². The summed E-state index contributed by atoms with van der Waals surface area (Å²) in [6.07, 6.45) is 0. The molecule has 0 unspecified atom stereocenters. The molecule has 0 atom stereocenters. The van der Waals surface area contributed by atoms with Crippen LogP contribution in [0.2, 0.25) is 0 Å². The second-order valence-corrected chi connectivity index (χ2v) is 7.34. The van der Waals surface area contributed by atoms with E-state index in [1.54, 1.807) is 14.2 Å². The molecule has 2 aromatic rings. The number of benzene rings is 1. The second kappa shape index (κ2) is 9.25. The molecule has 136 valence electrons. The molecule has 0 bridgehead atoms. The summed E-state index contributed by atoms with van der Waals surface area (Å²) in [6.45, 7) is 6.50. The molecule has 4 nitrogen and oxygen atoms in total. The minimum Gasteiger partial charge on any atom is -0.383 e. The first-order valence-electron chi connectivity index (χ1n) is 8.42. The molecule has 0 saturated carbocycles.